The summed E-state index contributed by atoms with van der Waals surface area (Å²) in [4.78, 5) is 13.0. The average Bonchev–Trinajstić information content (AvgIpc) is 2.34. The van der Waals surface area contributed by atoms with Gasteiger partial charge >= 0.3 is 11.9 Å². The van der Waals surface area contributed by atoms with Crippen molar-refractivity contribution in [1.29, 1.82) is 0 Å². The molecule has 19 heavy (non-hydrogen) atoms. The molecule has 0 saturated heterocycles. The maximum atomic E-state index is 12.5. The second-order valence-electron chi connectivity index (χ2n) is 3.91. The van der Waals surface area contributed by atoms with Gasteiger partial charge in [-0.05, 0) is 20.0 Å². The highest BCUT2D eigenvalue weighted by atomic mass is 19.4. The van der Waals surface area contributed by atoms with Crippen LogP contribution in [0.25, 0.3) is 0 Å². The first-order chi connectivity index (χ1) is 8.75. The lowest BCUT2D eigenvalue weighted by atomic mass is 10.2. The molecule has 0 aromatic carbocycles. The maximum absolute atomic E-state index is 12.5. The largest absolute Gasteiger partial charge is 0.433 e. The summed E-state index contributed by atoms with van der Waals surface area (Å²) in [5.41, 5.74) is -1.86. The molecule has 0 bridgehead atoms. The summed E-state index contributed by atoms with van der Waals surface area (Å²) in [6.07, 6.45) is -4.03. The zero-order chi connectivity index (χ0) is 14.6. The number of rotatable bonds is 5. The van der Waals surface area contributed by atoms with E-state index in [9.17, 15) is 23.3 Å². The highest BCUT2D eigenvalue weighted by molar-refractivity contribution is 5.61. The highest BCUT2D eigenvalue weighted by Gasteiger charge is 2.34. The Kier molecular flexibility index (Phi) is 4.65. The van der Waals surface area contributed by atoms with Gasteiger partial charge in [-0.3, -0.25) is 10.1 Å². The van der Waals surface area contributed by atoms with Crippen molar-refractivity contribution in [2.45, 2.75) is 19.1 Å². The number of nitrogens with zero attached hydrogens (tertiary/aromatic N) is 2. The fraction of sp³-hybridized carbons (Fsp3) is 0.500. The molecule has 9 heteroatoms. The number of pyridine rings is 1. The monoisotopic (exact) mass is 278 g/mol. The van der Waals surface area contributed by atoms with Crippen molar-refractivity contribution in [2.75, 3.05) is 18.9 Å². The second kappa shape index (κ2) is 5.83. The average molecular weight is 278 g/mol. The molecule has 1 aromatic heterocycles. The number of anilines is 1. The molecule has 0 saturated carbocycles. The Bertz CT molecular complexity index is 465. The SMILES string of the molecule is CNC(C)CNc1cc(C(F)(F)F)ncc1[N+](=O)[O-]. The molecular formula is C10H13F3N4O2. The van der Waals surface area contributed by atoms with E-state index in [-0.39, 0.29) is 18.3 Å². The van der Waals surface area contributed by atoms with E-state index in [1.165, 1.54) is 0 Å². The van der Waals surface area contributed by atoms with Crippen LogP contribution in [0.15, 0.2) is 12.3 Å². The molecule has 0 spiro atoms. The predicted octanol–water partition coefficient (Wildman–Crippen LogP) is 2.03. The predicted molar refractivity (Wildman–Crippen MR) is 62.9 cm³/mol. The zero-order valence-electron chi connectivity index (χ0n) is 10.3. The minimum Gasteiger partial charge on any atom is -0.378 e. The Morgan fingerprint density at radius 3 is 2.63 bits per heavy atom. The summed E-state index contributed by atoms with van der Waals surface area (Å²) in [6, 6.07) is 0.586. The van der Waals surface area contributed by atoms with Crippen LogP contribution in [0.3, 0.4) is 0 Å². The molecule has 0 aliphatic carbocycles. The zero-order valence-corrected chi connectivity index (χ0v) is 10.3. The molecule has 1 atom stereocenters. The van der Waals surface area contributed by atoms with E-state index >= 15 is 0 Å². The minimum absolute atomic E-state index is 0.0536. The Hall–Kier alpha value is -1.90. The van der Waals surface area contributed by atoms with Crippen molar-refractivity contribution in [2.24, 2.45) is 0 Å². The molecule has 1 unspecified atom stereocenters. The van der Waals surface area contributed by atoms with Crippen LogP contribution in [0, 0.1) is 10.1 Å². The van der Waals surface area contributed by atoms with Gasteiger partial charge in [0.1, 0.15) is 17.6 Å². The van der Waals surface area contributed by atoms with Crippen LogP contribution >= 0.6 is 0 Å². The van der Waals surface area contributed by atoms with Gasteiger partial charge in [0.25, 0.3) is 0 Å². The number of halogens is 3. The van der Waals surface area contributed by atoms with Crippen molar-refractivity contribution < 1.29 is 18.1 Å². The summed E-state index contributed by atoms with van der Waals surface area (Å²) >= 11 is 0. The highest BCUT2D eigenvalue weighted by Crippen LogP contribution is 2.32. The summed E-state index contributed by atoms with van der Waals surface area (Å²) < 4.78 is 37.5. The van der Waals surface area contributed by atoms with E-state index in [2.05, 4.69) is 15.6 Å². The van der Waals surface area contributed by atoms with Crippen LogP contribution in [0.4, 0.5) is 24.5 Å². The number of nitro groups is 1. The number of aromatic nitrogens is 1. The Morgan fingerprint density at radius 2 is 2.16 bits per heavy atom. The van der Waals surface area contributed by atoms with E-state index in [0.29, 0.717) is 12.3 Å². The third-order valence-corrected chi connectivity index (χ3v) is 2.46. The number of hydrogen-bond donors (Lipinski definition) is 2. The van der Waals surface area contributed by atoms with E-state index in [0.717, 1.165) is 0 Å². The standard InChI is InChI=1S/C10H13F3N4O2/c1-6(14-2)4-15-7-3-9(10(11,12)13)16-5-8(7)17(18)19/h3,5-6,14H,4H2,1-2H3,(H,15,16). The van der Waals surface area contributed by atoms with Crippen molar-refractivity contribution in [3.05, 3.63) is 28.1 Å². The summed E-state index contributed by atoms with van der Waals surface area (Å²) in [5, 5.41) is 16.2. The van der Waals surface area contributed by atoms with Gasteiger partial charge in [-0.25, -0.2) is 4.98 Å². The molecule has 106 valence electrons. The van der Waals surface area contributed by atoms with Gasteiger partial charge in [0.2, 0.25) is 0 Å². The molecule has 6 nitrogen and oxygen atoms in total. The third-order valence-electron chi connectivity index (χ3n) is 2.46. The molecule has 2 N–H and O–H groups in total. The molecule has 1 rings (SSSR count). The normalized spacial score (nSPS) is 13.1. The molecule has 0 amide bonds. The molecule has 0 radical (unpaired) electrons. The first-order valence-electron chi connectivity index (χ1n) is 5.38. The lowest BCUT2D eigenvalue weighted by Crippen LogP contribution is -2.29. The Labute approximate surface area is 107 Å². The van der Waals surface area contributed by atoms with Gasteiger partial charge in [-0.2, -0.15) is 13.2 Å². The van der Waals surface area contributed by atoms with Crippen molar-refractivity contribution >= 4 is 11.4 Å². The van der Waals surface area contributed by atoms with Crippen LogP contribution in [-0.4, -0.2) is 29.5 Å². The Morgan fingerprint density at radius 1 is 1.53 bits per heavy atom. The van der Waals surface area contributed by atoms with Crippen molar-refractivity contribution in [1.82, 2.24) is 10.3 Å². The summed E-state index contributed by atoms with van der Waals surface area (Å²) in [7, 11) is 1.68. The minimum atomic E-state index is -4.64. The van der Waals surface area contributed by atoms with Gasteiger partial charge in [0, 0.05) is 12.6 Å². The molecule has 0 aliphatic rings. The van der Waals surface area contributed by atoms with E-state index in [1.807, 2.05) is 0 Å². The van der Waals surface area contributed by atoms with Crippen LogP contribution in [0.5, 0.6) is 0 Å². The van der Waals surface area contributed by atoms with E-state index in [4.69, 9.17) is 0 Å². The molecular weight excluding hydrogens is 265 g/mol. The number of hydrogen-bond acceptors (Lipinski definition) is 5. The van der Waals surface area contributed by atoms with Gasteiger partial charge in [0.15, 0.2) is 0 Å². The smallest absolute Gasteiger partial charge is 0.378 e. The lowest BCUT2D eigenvalue weighted by molar-refractivity contribution is -0.384. The molecule has 1 heterocycles. The van der Waals surface area contributed by atoms with Gasteiger partial charge in [-0.15, -0.1) is 0 Å². The van der Waals surface area contributed by atoms with Crippen molar-refractivity contribution in [3.63, 3.8) is 0 Å². The fourth-order valence-corrected chi connectivity index (χ4v) is 1.26. The second-order valence-corrected chi connectivity index (χ2v) is 3.91. The molecule has 1 aromatic rings. The molecule has 0 fully saturated rings. The van der Waals surface area contributed by atoms with Crippen molar-refractivity contribution in [3.8, 4) is 0 Å². The summed E-state index contributed by atoms with van der Waals surface area (Å²) in [6.45, 7) is 2.03. The summed E-state index contributed by atoms with van der Waals surface area (Å²) in [5.74, 6) is 0. The first-order valence-corrected chi connectivity index (χ1v) is 5.38. The fourth-order valence-electron chi connectivity index (χ4n) is 1.26. The number of likely N-dealkylation sites (N-methyl/N-ethyl adjacent to an activating group) is 1. The molecule has 0 aliphatic heterocycles. The van der Waals surface area contributed by atoms with Crippen LogP contribution in [0.2, 0.25) is 0 Å². The van der Waals surface area contributed by atoms with Crippen LogP contribution in [-0.2, 0) is 6.18 Å². The quantitative estimate of drug-likeness (QED) is 0.636. The van der Waals surface area contributed by atoms with Gasteiger partial charge in [-0.1, -0.05) is 0 Å². The maximum Gasteiger partial charge on any atom is 0.433 e. The third kappa shape index (κ3) is 4.05. The van der Waals surface area contributed by atoms with Gasteiger partial charge in [0.05, 0.1) is 4.92 Å². The van der Waals surface area contributed by atoms with Gasteiger partial charge < -0.3 is 10.6 Å². The Balaban J connectivity index is 3.06. The van der Waals surface area contributed by atoms with E-state index in [1.54, 1.807) is 14.0 Å². The number of alkyl halides is 3. The van der Waals surface area contributed by atoms with Crippen LogP contribution in [0.1, 0.15) is 12.6 Å². The number of nitrogens with one attached hydrogen (secondary N) is 2. The topological polar surface area (TPSA) is 80.1 Å². The van der Waals surface area contributed by atoms with E-state index < -0.39 is 22.5 Å². The lowest BCUT2D eigenvalue weighted by Gasteiger charge is -2.13. The first kappa shape index (κ1) is 15.2. The van der Waals surface area contributed by atoms with Crippen LogP contribution < -0.4 is 10.6 Å².